The van der Waals surface area contributed by atoms with Crippen molar-refractivity contribution in [1.29, 1.82) is 0 Å². The maximum Gasteiger partial charge on any atom is 0.186 e. The molecule has 0 fully saturated rings. The molecule has 0 atom stereocenters. The van der Waals surface area contributed by atoms with Gasteiger partial charge in [0.15, 0.2) is 17.5 Å². The fourth-order valence-corrected chi connectivity index (χ4v) is 5.13. The quantitative estimate of drug-likeness (QED) is 0.0618. The van der Waals surface area contributed by atoms with E-state index in [1.807, 2.05) is 30.3 Å². The number of nitrogens with two attached hydrogens (primary N) is 3. The summed E-state index contributed by atoms with van der Waals surface area (Å²) in [6.45, 7) is 13.6. The lowest BCUT2D eigenvalue weighted by Gasteiger charge is -2.19. The summed E-state index contributed by atoms with van der Waals surface area (Å²) in [6, 6.07) is 14.3. The van der Waals surface area contributed by atoms with Gasteiger partial charge in [-0.1, -0.05) is 46.4 Å². The largest absolute Gasteiger partial charge is 0.496 e. The summed E-state index contributed by atoms with van der Waals surface area (Å²) in [4.78, 5) is 32.5. The first-order chi connectivity index (χ1) is 23.8. The molecule has 0 aliphatic carbocycles. The Morgan fingerprint density at radius 2 is 1.20 bits per heavy atom. The lowest BCUT2D eigenvalue weighted by molar-refractivity contribution is 0.0987. The Hall–Kier alpha value is -5.19. The van der Waals surface area contributed by atoms with Crippen LogP contribution in [0.5, 0.6) is 23.0 Å². The molecule has 0 radical (unpaired) electrons. The lowest BCUT2D eigenvalue weighted by atomic mass is 9.94. The monoisotopic (exact) mass is 687 g/mol. The van der Waals surface area contributed by atoms with Crippen LogP contribution in [-0.2, 0) is 25.9 Å². The predicted octanol–water partition coefficient (Wildman–Crippen LogP) is 5.70. The third-order valence-electron chi connectivity index (χ3n) is 7.94. The molecule has 11 nitrogen and oxygen atoms in total. The lowest BCUT2D eigenvalue weighted by Crippen LogP contribution is -2.22. The first-order valence-corrected chi connectivity index (χ1v) is 16.9. The number of hydrogen-bond donors (Lipinski definition) is 4. The topological polar surface area (TPSA) is 174 Å². The Morgan fingerprint density at radius 3 is 1.64 bits per heavy atom. The fraction of sp³-hybridized carbons (Fsp3) is 0.410. The number of benzene rings is 3. The molecule has 0 spiro atoms. The maximum atomic E-state index is 14.2. The number of methoxy groups -OCH3 is 2. The van der Waals surface area contributed by atoms with Crippen LogP contribution in [-0.4, -0.2) is 45.0 Å². The van der Waals surface area contributed by atoms with Gasteiger partial charge in [-0.2, -0.15) is 0 Å². The molecule has 0 heterocycles. The van der Waals surface area contributed by atoms with Crippen molar-refractivity contribution in [3.05, 3.63) is 94.3 Å². The van der Waals surface area contributed by atoms with E-state index in [1.54, 1.807) is 32.4 Å². The molecule has 7 N–H and O–H groups in total. The van der Waals surface area contributed by atoms with Crippen molar-refractivity contribution < 1.29 is 28.5 Å². The number of carbonyl (C=O) groups excluding carboxylic acids is 2. The summed E-state index contributed by atoms with van der Waals surface area (Å²) in [5.41, 5.74) is 20.4. The van der Waals surface area contributed by atoms with E-state index in [4.69, 9.17) is 36.1 Å². The van der Waals surface area contributed by atoms with Crippen LogP contribution >= 0.6 is 0 Å². The number of nitrogens with zero attached hydrogens (tertiary/aromatic N) is 1. The SMILES string of the molecule is C=C(N)NCc1ccc(OC)c(CC(=O)c2cc(C(=O)Cc3cc(CN=C(N)N)ccc3OC)c(OCCC(C)C)cc2OCCC(C)C)c1. The van der Waals surface area contributed by atoms with Gasteiger partial charge < -0.3 is 41.5 Å². The first-order valence-electron chi connectivity index (χ1n) is 16.9. The zero-order chi connectivity index (χ0) is 36.8. The number of nitrogens with one attached hydrogen (secondary N) is 1. The highest BCUT2D eigenvalue weighted by atomic mass is 16.5. The van der Waals surface area contributed by atoms with Crippen molar-refractivity contribution in [2.24, 2.45) is 34.0 Å². The van der Waals surface area contributed by atoms with E-state index in [1.165, 1.54) is 0 Å². The van der Waals surface area contributed by atoms with E-state index in [0.717, 1.165) is 24.0 Å². The average Bonchev–Trinajstić information content (AvgIpc) is 3.06. The van der Waals surface area contributed by atoms with Crippen LogP contribution in [0.15, 0.2) is 65.9 Å². The van der Waals surface area contributed by atoms with E-state index in [9.17, 15) is 9.59 Å². The second kappa shape index (κ2) is 19.1. The number of carbonyl (C=O) groups is 2. The van der Waals surface area contributed by atoms with E-state index in [-0.39, 0.29) is 48.0 Å². The Labute approximate surface area is 296 Å². The molecule has 0 saturated heterocycles. The molecule has 0 unspecified atom stereocenters. The zero-order valence-electron chi connectivity index (χ0n) is 30.3. The van der Waals surface area contributed by atoms with Crippen molar-refractivity contribution in [2.45, 2.75) is 66.5 Å². The molecule has 0 saturated carbocycles. The third kappa shape index (κ3) is 12.0. The molecular weight excluding hydrogens is 634 g/mol. The van der Waals surface area contributed by atoms with Gasteiger partial charge >= 0.3 is 0 Å². The van der Waals surface area contributed by atoms with Gasteiger partial charge in [-0.15, -0.1) is 0 Å². The molecule has 0 aliphatic rings. The molecule has 0 aromatic heterocycles. The maximum absolute atomic E-state index is 14.2. The highest BCUT2D eigenvalue weighted by Crippen LogP contribution is 2.34. The summed E-state index contributed by atoms with van der Waals surface area (Å²) in [6.07, 6.45) is 1.54. The van der Waals surface area contributed by atoms with Crippen molar-refractivity contribution in [3.63, 3.8) is 0 Å². The summed E-state index contributed by atoms with van der Waals surface area (Å²) in [5, 5.41) is 3.01. The van der Waals surface area contributed by atoms with Crippen molar-refractivity contribution in [1.82, 2.24) is 5.32 Å². The van der Waals surface area contributed by atoms with E-state index < -0.39 is 0 Å². The highest BCUT2D eigenvalue weighted by molar-refractivity contribution is 6.06. The normalized spacial score (nSPS) is 10.9. The standard InChI is InChI=1S/C39H53N5O6/c1-24(2)12-14-49-37-21-38(50-15-13-25(3)4)32(34(46)19-30-17-28(23-44-39(41)42)9-11-36(30)48-7)20-31(37)33(45)18-29-16-27(22-43-26(5)40)8-10-35(29)47-6/h8-11,16-17,20-21,24-25,43H,5,12-15,18-19,22-23,40H2,1-4,6-7H3,(H4,41,42,44). The number of hydrogen-bond acceptors (Lipinski definition) is 9. The Balaban J connectivity index is 2.10. The second-order valence-corrected chi connectivity index (χ2v) is 13.0. The molecule has 11 heteroatoms. The minimum Gasteiger partial charge on any atom is -0.496 e. The molecule has 0 bridgehead atoms. The minimum absolute atomic E-state index is 0.00295. The molecular formula is C39H53N5O6. The smallest absolute Gasteiger partial charge is 0.186 e. The van der Waals surface area contributed by atoms with Crippen LogP contribution in [0.2, 0.25) is 0 Å². The summed E-state index contributed by atoms with van der Waals surface area (Å²) in [7, 11) is 3.11. The first kappa shape index (κ1) is 39.3. The van der Waals surface area contributed by atoms with E-state index >= 15 is 0 Å². The van der Waals surface area contributed by atoms with Crippen LogP contribution in [0.25, 0.3) is 0 Å². The van der Waals surface area contributed by atoms with E-state index in [0.29, 0.717) is 71.5 Å². The van der Waals surface area contributed by atoms with Crippen LogP contribution in [0.1, 0.15) is 83.5 Å². The van der Waals surface area contributed by atoms with Crippen molar-refractivity contribution in [3.8, 4) is 23.0 Å². The number of ketones is 2. The van der Waals surface area contributed by atoms with Crippen molar-refractivity contribution in [2.75, 3.05) is 27.4 Å². The molecule has 0 aliphatic heterocycles. The number of Topliss-reactive ketones (excluding diaryl/α,β-unsaturated/α-hetero) is 2. The second-order valence-electron chi connectivity index (χ2n) is 13.0. The summed E-state index contributed by atoms with van der Waals surface area (Å²) >= 11 is 0. The van der Waals surface area contributed by atoms with Crippen LogP contribution in [0, 0.1) is 11.8 Å². The number of guanidine groups is 1. The highest BCUT2D eigenvalue weighted by Gasteiger charge is 2.24. The number of rotatable bonds is 21. The zero-order valence-corrected chi connectivity index (χ0v) is 30.3. The molecule has 3 rings (SSSR count). The Kier molecular flexibility index (Phi) is 15.0. The van der Waals surface area contributed by atoms with Crippen LogP contribution in [0.4, 0.5) is 0 Å². The minimum atomic E-state index is -0.253. The third-order valence-corrected chi connectivity index (χ3v) is 7.94. The van der Waals surface area contributed by atoms with E-state index in [2.05, 4.69) is 44.6 Å². The summed E-state index contributed by atoms with van der Waals surface area (Å²) in [5.74, 6) is 2.41. The Bertz CT molecular complexity index is 1660. The fourth-order valence-electron chi connectivity index (χ4n) is 5.13. The van der Waals surface area contributed by atoms with Crippen LogP contribution in [0.3, 0.4) is 0 Å². The molecule has 3 aromatic rings. The van der Waals surface area contributed by atoms with Gasteiger partial charge in [-0.05, 0) is 66.1 Å². The molecule has 3 aromatic carbocycles. The number of aliphatic imine (C=N–C) groups is 1. The average molecular weight is 688 g/mol. The number of ether oxygens (including phenoxy) is 4. The van der Waals surface area contributed by atoms with Gasteiger partial charge in [0.2, 0.25) is 0 Å². The summed E-state index contributed by atoms with van der Waals surface area (Å²) < 4.78 is 23.7. The van der Waals surface area contributed by atoms with Gasteiger partial charge in [0.1, 0.15) is 23.0 Å². The van der Waals surface area contributed by atoms with Crippen molar-refractivity contribution >= 4 is 17.5 Å². The molecule has 0 amide bonds. The van der Waals surface area contributed by atoms with Gasteiger partial charge in [-0.25, -0.2) is 4.99 Å². The van der Waals surface area contributed by atoms with Gasteiger partial charge in [0.25, 0.3) is 0 Å². The van der Waals surface area contributed by atoms with Gasteiger partial charge in [0.05, 0.1) is 50.9 Å². The van der Waals surface area contributed by atoms with Gasteiger partial charge in [0, 0.05) is 36.6 Å². The molecule has 270 valence electrons. The molecule has 50 heavy (non-hydrogen) atoms. The van der Waals surface area contributed by atoms with Crippen LogP contribution < -0.4 is 41.5 Å². The Morgan fingerprint density at radius 1 is 0.720 bits per heavy atom. The predicted molar refractivity (Wildman–Crippen MR) is 198 cm³/mol. The van der Waals surface area contributed by atoms with Gasteiger partial charge in [-0.3, -0.25) is 9.59 Å².